The Kier molecular flexibility index (Phi) is 4.85. The summed E-state index contributed by atoms with van der Waals surface area (Å²) in [5, 5.41) is 9.94. The summed E-state index contributed by atoms with van der Waals surface area (Å²) in [4.78, 5) is 12.3. The first-order chi connectivity index (χ1) is 10.4. The van der Waals surface area contributed by atoms with Gasteiger partial charge >= 0.3 is 5.97 Å². The van der Waals surface area contributed by atoms with Gasteiger partial charge in [0.2, 0.25) is 0 Å². The highest BCUT2D eigenvalue weighted by Crippen LogP contribution is 2.36. The highest BCUT2D eigenvalue weighted by Gasteiger charge is 2.34. The van der Waals surface area contributed by atoms with Gasteiger partial charge in [-0.15, -0.1) is 0 Å². The number of esters is 1. The van der Waals surface area contributed by atoms with Crippen LogP contribution >= 0.6 is 11.6 Å². The molecule has 0 amide bonds. The number of halogens is 1. The molecule has 0 aliphatic rings. The summed E-state index contributed by atoms with van der Waals surface area (Å²) in [6.07, 6.45) is -0.651. The number of hydrogen-bond acceptors (Lipinski definition) is 3. The maximum atomic E-state index is 12.3. The summed E-state index contributed by atoms with van der Waals surface area (Å²) in [7, 11) is 0. The lowest BCUT2D eigenvalue weighted by Crippen LogP contribution is -2.25. The zero-order valence-corrected chi connectivity index (χ0v) is 13.2. The topological polar surface area (TPSA) is 50.1 Å². The molecule has 0 radical (unpaired) electrons. The molecule has 0 spiro atoms. The van der Waals surface area contributed by atoms with Crippen molar-refractivity contribution in [2.75, 3.05) is 0 Å². The van der Waals surface area contributed by atoms with Gasteiger partial charge in [0.05, 0.1) is 17.0 Å². The van der Waals surface area contributed by atoms with Crippen molar-refractivity contribution >= 4 is 17.6 Å². The second-order valence-electron chi connectivity index (χ2n) is 5.54. The van der Waals surface area contributed by atoms with Crippen LogP contribution < -0.4 is 0 Å². The molecule has 2 aromatic rings. The minimum absolute atomic E-state index is 0.402. The normalized spacial score (nSPS) is 12.3. The van der Waals surface area contributed by atoms with E-state index < -0.39 is 17.5 Å². The zero-order valence-electron chi connectivity index (χ0n) is 12.4. The quantitative estimate of drug-likeness (QED) is 0.763. The molecule has 0 aliphatic heterocycles. The molecular weight excluding hydrogens is 298 g/mol. The molecule has 0 aromatic heterocycles. The van der Waals surface area contributed by atoms with Crippen LogP contribution in [0.15, 0.2) is 54.6 Å². The third-order valence-corrected chi connectivity index (χ3v) is 3.60. The Bertz CT molecular complexity index is 687. The van der Waals surface area contributed by atoms with E-state index in [4.69, 9.17) is 16.3 Å². The summed E-state index contributed by atoms with van der Waals surface area (Å²) in [6.45, 7) is 3.50. The van der Waals surface area contributed by atoms with E-state index >= 15 is 0 Å². The number of nitrogens with zero attached hydrogens (tertiary/aromatic N) is 1. The van der Waals surface area contributed by atoms with Crippen molar-refractivity contribution in [2.24, 2.45) is 5.41 Å². The molecule has 0 bridgehead atoms. The summed E-state index contributed by atoms with van der Waals surface area (Å²) in [6, 6.07) is 17.9. The van der Waals surface area contributed by atoms with Gasteiger partial charge in [-0.2, -0.15) is 5.26 Å². The van der Waals surface area contributed by atoms with Gasteiger partial charge in [0, 0.05) is 5.02 Å². The molecule has 0 aliphatic carbocycles. The second kappa shape index (κ2) is 6.64. The molecule has 22 heavy (non-hydrogen) atoms. The summed E-state index contributed by atoms with van der Waals surface area (Å²) < 4.78 is 5.61. The van der Waals surface area contributed by atoms with Crippen LogP contribution in [0.5, 0.6) is 0 Å². The fourth-order valence-electron chi connectivity index (χ4n) is 2.08. The standard InChI is InChI=1S/C18H16ClNO2/c1-18(2,12-20)16(13-6-4-3-5-7-13)22-17(21)14-8-10-15(19)11-9-14/h3-11,16H,1-2H3. The van der Waals surface area contributed by atoms with Crippen LogP contribution in [0.2, 0.25) is 5.02 Å². The Morgan fingerprint density at radius 2 is 1.73 bits per heavy atom. The lowest BCUT2D eigenvalue weighted by molar-refractivity contribution is 0.00518. The van der Waals surface area contributed by atoms with Gasteiger partial charge in [-0.1, -0.05) is 41.9 Å². The molecule has 0 saturated carbocycles. The molecule has 2 aromatic carbocycles. The SMILES string of the molecule is CC(C)(C#N)C(OC(=O)c1ccc(Cl)cc1)c1ccccc1. The Balaban J connectivity index is 2.30. The average Bonchev–Trinajstić information content (AvgIpc) is 2.53. The summed E-state index contributed by atoms with van der Waals surface area (Å²) in [5.41, 5.74) is 0.346. The Labute approximate surface area is 135 Å². The number of rotatable bonds is 4. The van der Waals surface area contributed by atoms with Crippen molar-refractivity contribution in [1.29, 1.82) is 5.26 Å². The first-order valence-corrected chi connectivity index (χ1v) is 7.24. The third-order valence-electron chi connectivity index (χ3n) is 3.35. The maximum absolute atomic E-state index is 12.3. The Morgan fingerprint density at radius 1 is 1.14 bits per heavy atom. The number of carbonyl (C=O) groups excluding carboxylic acids is 1. The van der Waals surface area contributed by atoms with Crippen LogP contribution in [0.4, 0.5) is 0 Å². The van der Waals surface area contributed by atoms with Crippen LogP contribution in [0.25, 0.3) is 0 Å². The first-order valence-electron chi connectivity index (χ1n) is 6.87. The van der Waals surface area contributed by atoms with Crippen LogP contribution in [0.3, 0.4) is 0 Å². The molecule has 112 valence electrons. The van der Waals surface area contributed by atoms with E-state index in [9.17, 15) is 10.1 Å². The lowest BCUT2D eigenvalue weighted by atomic mass is 9.84. The highest BCUT2D eigenvalue weighted by atomic mass is 35.5. The number of ether oxygens (including phenoxy) is 1. The molecule has 1 unspecified atom stereocenters. The van der Waals surface area contributed by atoms with Crippen molar-refractivity contribution in [3.8, 4) is 6.07 Å². The second-order valence-corrected chi connectivity index (χ2v) is 5.97. The van der Waals surface area contributed by atoms with E-state index in [1.807, 2.05) is 30.3 Å². The van der Waals surface area contributed by atoms with E-state index in [0.29, 0.717) is 10.6 Å². The van der Waals surface area contributed by atoms with Gasteiger partial charge in [0.15, 0.2) is 0 Å². The minimum atomic E-state index is -0.844. The van der Waals surface area contributed by atoms with Gasteiger partial charge < -0.3 is 4.74 Å². The fraction of sp³-hybridized carbons (Fsp3) is 0.222. The minimum Gasteiger partial charge on any atom is -0.452 e. The number of carbonyl (C=O) groups is 1. The lowest BCUT2D eigenvalue weighted by Gasteiger charge is -2.28. The molecule has 0 saturated heterocycles. The van der Waals surface area contributed by atoms with Crippen molar-refractivity contribution in [1.82, 2.24) is 0 Å². The molecule has 0 fully saturated rings. The molecule has 0 N–H and O–H groups in total. The predicted octanol–water partition coefficient (Wildman–Crippen LogP) is 4.79. The van der Waals surface area contributed by atoms with Crippen molar-refractivity contribution in [2.45, 2.75) is 20.0 Å². The largest absolute Gasteiger partial charge is 0.452 e. The van der Waals surface area contributed by atoms with Crippen molar-refractivity contribution in [3.63, 3.8) is 0 Å². The first kappa shape index (κ1) is 16.1. The summed E-state index contributed by atoms with van der Waals surface area (Å²) >= 11 is 5.82. The highest BCUT2D eigenvalue weighted by molar-refractivity contribution is 6.30. The fourth-order valence-corrected chi connectivity index (χ4v) is 2.21. The van der Waals surface area contributed by atoms with Crippen LogP contribution in [0, 0.1) is 16.7 Å². The van der Waals surface area contributed by atoms with Gasteiger partial charge in [0.25, 0.3) is 0 Å². The molecule has 0 heterocycles. The molecule has 3 nitrogen and oxygen atoms in total. The smallest absolute Gasteiger partial charge is 0.338 e. The van der Waals surface area contributed by atoms with E-state index in [2.05, 4.69) is 6.07 Å². The van der Waals surface area contributed by atoms with Gasteiger partial charge in [0.1, 0.15) is 6.10 Å². The van der Waals surface area contributed by atoms with E-state index in [0.717, 1.165) is 5.56 Å². The third kappa shape index (κ3) is 3.66. The average molecular weight is 314 g/mol. The van der Waals surface area contributed by atoms with Crippen LogP contribution in [-0.4, -0.2) is 5.97 Å². The number of benzene rings is 2. The van der Waals surface area contributed by atoms with Crippen molar-refractivity contribution < 1.29 is 9.53 Å². The Hall–Kier alpha value is -2.31. The van der Waals surface area contributed by atoms with Gasteiger partial charge in [-0.05, 0) is 43.7 Å². The number of hydrogen-bond donors (Lipinski definition) is 0. The molecule has 4 heteroatoms. The molecule has 1 atom stereocenters. The van der Waals surface area contributed by atoms with Crippen LogP contribution in [0.1, 0.15) is 35.9 Å². The molecular formula is C18H16ClNO2. The monoisotopic (exact) mass is 313 g/mol. The van der Waals surface area contributed by atoms with Gasteiger partial charge in [-0.3, -0.25) is 0 Å². The maximum Gasteiger partial charge on any atom is 0.338 e. The molecule has 2 rings (SSSR count). The number of nitriles is 1. The van der Waals surface area contributed by atoms with Crippen molar-refractivity contribution in [3.05, 3.63) is 70.7 Å². The van der Waals surface area contributed by atoms with E-state index in [-0.39, 0.29) is 0 Å². The van der Waals surface area contributed by atoms with E-state index in [1.54, 1.807) is 38.1 Å². The summed E-state index contributed by atoms with van der Waals surface area (Å²) in [5.74, 6) is -0.478. The zero-order chi connectivity index (χ0) is 16.2. The predicted molar refractivity (Wildman–Crippen MR) is 85.4 cm³/mol. The van der Waals surface area contributed by atoms with Crippen LogP contribution in [-0.2, 0) is 4.74 Å². The van der Waals surface area contributed by atoms with Gasteiger partial charge in [-0.25, -0.2) is 4.79 Å². The van der Waals surface area contributed by atoms with E-state index in [1.165, 1.54) is 0 Å². The Morgan fingerprint density at radius 3 is 2.27 bits per heavy atom.